The third-order valence-electron chi connectivity index (χ3n) is 5.03. The van der Waals surface area contributed by atoms with E-state index in [1.165, 1.54) is 6.07 Å². The summed E-state index contributed by atoms with van der Waals surface area (Å²) >= 11 is 0. The van der Waals surface area contributed by atoms with Crippen LogP contribution in [0.15, 0.2) is 33.7 Å². The number of carbonyl (C=O) groups excluding carboxylic acids is 2. The molecular weight excluding hydrogens is 320 g/mol. The first kappa shape index (κ1) is 15.9. The largest absolute Gasteiger partial charge is 0.467 e. The number of ketones is 1. The van der Waals surface area contributed by atoms with Crippen molar-refractivity contribution >= 4 is 11.7 Å². The Morgan fingerprint density at radius 1 is 1.32 bits per heavy atom. The Morgan fingerprint density at radius 3 is 2.80 bits per heavy atom. The maximum absolute atomic E-state index is 13.1. The highest BCUT2D eigenvalue weighted by Crippen LogP contribution is 2.35. The highest BCUT2D eigenvalue weighted by molar-refractivity contribution is 6.01. The summed E-state index contributed by atoms with van der Waals surface area (Å²) in [6.45, 7) is 1.90. The van der Waals surface area contributed by atoms with Gasteiger partial charge in [0.25, 0.3) is 11.5 Å². The van der Waals surface area contributed by atoms with Crippen molar-refractivity contribution < 1.29 is 14.0 Å². The highest BCUT2D eigenvalue weighted by atomic mass is 16.3. The summed E-state index contributed by atoms with van der Waals surface area (Å²) in [7, 11) is 0. The maximum Gasteiger partial charge on any atom is 0.261 e. The molecule has 0 saturated heterocycles. The third-order valence-corrected chi connectivity index (χ3v) is 5.03. The molecule has 0 unspecified atom stereocenters. The summed E-state index contributed by atoms with van der Waals surface area (Å²) in [6, 6.07) is 4.95. The second-order valence-electron chi connectivity index (χ2n) is 6.82. The predicted molar refractivity (Wildman–Crippen MR) is 90.6 cm³/mol. The number of aryl methyl sites for hydroxylation is 1. The molecule has 1 N–H and O–H groups in total. The number of fused-ring (bicyclic) bond motifs is 1. The van der Waals surface area contributed by atoms with E-state index in [-0.39, 0.29) is 29.3 Å². The smallest absolute Gasteiger partial charge is 0.261 e. The number of aromatic nitrogens is 1. The van der Waals surface area contributed by atoms with E-state index in [0.29, 0.717) is 29.9 Å². The van der Waals surface area contributed by atoms with Crippen LogP contribution in [0.1, 0.15) is 70.8 Å². The van der Waals surface area contributed by atoms with Gasteiger partial charge in [0.2, 0.25) is 0 Å². The van der Waals surface area contributed by atoms with Crippen molar-refractivity contribution in [1.29, 1.82) is 0 Å². The molecule has 1 fully saturated rings. The Kier molecular flexibility index (Phi) is 3.82. The lowest BCUT2D eigenvalue weighted by Crippen LogP contribution is -2.39. The summed E-state index contributed by atoms with van der Waals surface area (Å²) in [5.41, 5.74) is 0.750. The molecular formula is C19H20N2O4. The van der Waals surface area contributed by atoms with Crippen molar-refractivity contribution in [1.82, 2.24) is 9.88 Å². The van der Waals surface area contributed by atoms with Crippen LogP contribution in [0.2, 0.25) is 0 Å². The molecule has 1 atom stereocenters. The molecule has 0 aromatic carbocycles. The van der Waals surface area contributed by atoms with Gasteiger partial charge in [0.1, 0.15) is 11.3 Å². The average Bonchev–Trinajstić information content (AvgIpc) is 3.26. The minimum atomic E-state index is -0.421. The number of pyridine rings is 1. The molecule has 2 aliphatic rings. The summed E-state index contributed by atoms with van der Waals surface area (Å²) in [5, 5.41) is 0. The van der Waals surface area contributed by atoms with Crippen molar-refractivity contribution in [2.75, 3.05) is 0 Å². The Hall–Kier alpha value is -2.63. The van der Waals surface area contributed by atoms with Crippen LogP contribution >= 0.6 is 0 Å². The number of carbonyl (C=O) groups is 2. The Balaban J connectivity index is 1.72. The van der Waals surface area contributed by atoms with Crippen LogP contribution in [0.25, 0.3) is 0 Å². The zero-order valence-electron chi connectivity index (χ0n) is 14.1. The van der Waals surface area contributed by atoms with Crippen LogP contribution < -0.4 is 5.56 Å². The molecule has 6 nitrogen and oxygen atoms in total. The molecule has 0 aliphatic heterocycles. The lowest BCUT2D eigenvalue weighted by molar-refractivity contribution is 0.0650. The van der Waals surface area contributed by atoms with Gasteiger partial charge in [-0.1, -0.05) is 0 Å². The van der Waals surface area contributed by atoms with Crippen molar-refractivity contribution in [3.05, 3.63) is 57.4 Å². The van der Waals surface area contributed by atoms with Crippen LogP contribution in [0.3, 0.4) is 0 Å². The monoisotopic (exact) mass is 340 g/mol. The minimum Gasteiger partial charge on any atom is -0.467 e. The summed E-state index contributed by atoms with van der Waals surface area (Å²) in [5.74, 6) is 0.336. The summed E-state index contributed by atoms with van der Waals surface area (Å²) in [6.07, 6.45) is 5.27. The quantitative estimate of drug-likeness (QED) is 0.927. The molecule has 1 amide bonds. The Labute approximate surface area is 144 Å². The van der Waals surface area contributed by atoms with E-state index < -0.39 is 5.56 Å². The number of Topliss-reactive ketones (excluding diaryl/α,β-unsaturated/α-hetero) is 1. The van der Waals surface area contributed by atoms with Crippen molar-refractivity contribution in [3.8, 4) is 0 Å². The van der Waals surface area contributed by atoms with Gasteiger partial charge in [0.05, 0.1) is 12.3 Å². The molecule has 0 spiro atoms. The number of rotatable bonds is 4. The molecule has 2 aromatic heterocycles. The van der Waals surface area contributed by atoms with Gasteiger partial charge in [-0.25, -0.2) is 0 Å². The highest BCUT2D eigenvalue weighted by Gasteiger charge is 2.38. The standard InChI is InChI=1S/C19H20N2O4/c1-11(17-6-3-9-25-17)21(12-7-8-12)19(24)14-10-13-15(20-18(14)23)4-2-5-16(13)22/h3,6,9-12H,2,4-5,7-8H2,1H3,(H,20,23)/t11-/m1/s1. The number of H-pyrrole nitrogens is 1. The number of nitrogens with one attached hydrogen (secondary N) is 1. The van der Waals surface area contributed by atoms with Gasteiger partial charge in [-0.2, -0.15) is 0 Å². The van der Waals surface area contributed by atoms with Crippen LogP contribution in [0.5, 0.6) is 0 Å². The van der Waals surface area contributed by atoms with E-state index in [1.54, 1.807) is 17.2 Å². The fourth-order valence-electron chi connectivity index (χ4n) is 3.55. The van der Waals surface area contributed by atoms with E-state index >= 15 is 0 Å². The molecule has 2 heterocycles. The Morgan fingerprint density at radius 2 is 2.12 bits per heavy atom. The predicted octanol–water partition coefficient (Wildman–Crippen LogP) is 2.85. The normalized spacial score (nSPS) is 17.9. The van der Waals surface area contributed by atoms with E-state index in [4.69, 9.17) is 4.42 Å². The first-order valence-corrected chi connectivity index (χ1v) is 8.71. The lowest BCUT2D eigenvalue weighted by Gasteiger charge is -2.28. The molecule has 2 aromatic rings. The van der Waals surface area contributed by atoms with E-state index in [1.807, 2.05) is 13.0 Å². The van der Waals surface area contributed by atoms with Gasteiger partial charge in [0, 0.05) is 23.7 Å². The molecule has 6 heteroatoms. The summed E-state index contributed by atoms with van der Waals surface area (Å²) in [4.78, 5) is 42.2. The topological polar surface area (TPSA) is 83.4 Å². The van der Waals surface area contributed by atoms with Crippen LogP contribution in [-0.4, -0.2) is 27.6 Å². The number of aromatic amines is 1. The van der Waals surface area contributed by atoms with Crippen LogP contribution in [0, 0.1) is 0 Å². The van der Waals surface area contributed by atoms with Crippen molar-refractivity contribution in [2.24, 2.45) is 0 Å². The maximum atomic E-state index is 13.1. The van der Waals surface area contributed by atoms with Crippen molar-refractivity contribution in [3.63, 3.8) is 0 Å². The zero-order chi connectivity index (χ0) is 17.6. The SMILES string of the molecule is C[C@H](c1ccco1)N(C(=O)c1cc2c([nH]c1=O)CCCC2=O)C1CC1. The molecule has 0 bridgehead atoms. The van der Waals surface area contributed by atoms with E-state index in [2.05, 4.69) is 4.98 Å². The number of hydrogen-bond donors (Lipinski definition) is 1. The van der Waals surface area contributed by atoms with Gasteiger partial charge in [-0.05, 0) is 50.8 Å². The number of nitrogens with zero attached hydrogens (tertiary/aromatic N) is 1. The average molecular weight is 340 g/mol. The molecule has 2 aliphatic carbocycles. The fourth-order valence-corrected chi connectivity index (χ4v) is 3.55. The number of amides is 1. The second kappa shape index (κ2) is 6.02. The molecule has 0 radical (unpaired) electrons. The van der Waals surface area contributed by atoms with Crippen molar-refractivity contribution in [2.45, 2.75) is 51.1 Å². The van der Waals surface area contributed by atoms with Crippen LogP contribution in [0.4, 0.5) is 0 Å². The molecule has 1 saturated carbocycles. The molecule has 4 rings (SSSR count). The summed E-state index contributed by atoms with van der Waals surface area (Å²) < 4.78 is 5.44. The van der Waals surface area contributed by atoms with Gasteiger partial charge in [-0.15, -0.1) is 0 Å². The number of furan rings is 1. The zero-order valence-corrected chi connectivity index (χ0v) is 14.1. The van der Waals surface area contributed by atoms with Gasteiger partial charge in [-0.3, -0.25) is 14.4 Å². The fraction of sp³-hybridized carbons (Fsp3) is 0.421. The first-order valence-electron chi connectivity index (χ1n) is 8.71. The second-order valence-corrected chi connectivity index (χ2v) is 6.82. The van der Waals surface area contributed by atoms with Crippen LogP contribution in [-0.2, 0) is 6.42 Å². The third kappa shape index (κ3) is 2.81. The Bertz CT molecular complexity index is 877. The molecule has 130 valence electrons. The van der Waals surface area contributed by atoms with E-state index in [0.717, 1.165) is 19.3 Å². The van der Waals surface area contributed by atoms with E-state index in [9.17, 15) is 14.4 Å². The minimum absolute atomic E-state index is 0.0106. The molecule has 25 heavy (non-hydrogen) atoms. The first-order chi connectivity index (χ1) is 12.1. The van der Waals surface area contributed by atoms with Gasteiger partial charge < -0.3 is 14.3 Å². The number of hydrogen-bond acceptors (Lipinski definition) is 4. The lowest BCUT2D eigenvalue weighted by atomic mass is 9.93. The van der Waals surface area contributed by atoms with Gasteiger partial charge in [0.15, 0.2) is 5.78 Å². The van der Waals surface area contributed by atoms with Gasteiger partial charge >= 0.3 is 0 Å².